The summed E-state index contributed by atoms with van der Waals surface area (Å²) in [5.74, 6) is 0.119. The summed E-state index contributed by atoms with van der Waals surface area (Å²) >= 11 is 0. The first-order valence-corrected chi connectivity index (χ1v) is 11.5. The van der Waals surface area contributed by atoms with Crippen molar-refractivity contribution in [2.75, 3.05) is 19.6 Å². The van der Waals surface area contributed by atoms with Gasteiger partial charge in [0.05, 0.1) is 6.42 Å². The highest BCUT2D eigenvalue weighted by Gasteiger charge is 2.39. The predicted octanol–water partition coefficient (Wildman–Crippen LogP) is 2.26. The number of rotatable bonds is 4. The zero-order valence-corrected chi connectivity index (χ0v) is 18.2. The Morgan fingerprint density at radius 1 is 0.969 bits per heavy atom. The Labute approximate surface area is 188 Å². The van der Waals surface area contributed by atoms with Crippen molar-refractivity contribution >= 4 is 17.7 Å². The fourth-order valence-corrected chi connectivity index (χ4v) is 5.26. The highest BCUT2D eigenvalue weighted by atomic mass is 16.2. The second-order valence-electron chi connectivity index (χ2n) is 8.89. The summed E-state index contributed by atoms with van der Waals surface area (Å²) in [4.78, 5) is 48.7. The maximum absolute atomic E-state index is 13.3. The molecule has 1 unspecified atom stereocenters. The topological polar surface area (TPSA) is 73.8 Å². The van der Waals surface area contributed by atoms with Crippen LogP contribution in [0.2, 0.25) is 0 Å². The molecule has 1 atom stereocenters. The minimum absolute atomic E-state index is 0.0325. The van der Waals surface area contributed by atoms with Crippen LogP contribution in [0.4, 0.5) is 0 Å². The van der Waals surface area contributed by atoms with E-state index in [1.165, 1.54) is 0 Å². The molecule has 1 aromatic carbocycles. The van der Waals surface area contributed by atoms with Gasteiger partial charge in [-0.3, -0.25) is 19.4 Å². The van der Waals surface area contributed by atoms with Gasteiger partial charge in [0.1, 0.15) is 6.04 Å². The fraction of sp³-hybridized carbons (Fsp3) is 0.440. The van der Waals surface area contributed by atoms with Gasteiger partial charge in [-0.1, -0.05) is 24.3 Å². The summed E-state index contributed by atoms with van der Waals surface area (Å²) in [6.45, 7) is 2.54. The number of pyridine rings is 1. The average Bonchev–Trinajstić information content (AvgIpc) is 3.45. The maximum atomic E-state index is 13.3. The monoisotopic (exact) mass is 432 g/mol. The molecule has 0 aliphatic carbocycles. The molecule has 7 heteroatoms. The number of hydrogen-bond donors (Lipinski definition) is 0. The lowest BCUT2D eigenvalue weighted by Crippen LogP contribution is -2.52. The van der Waals surface area contributed by atoms with E-state index in [-0.39, 0.29) is 36.2 Å². The number of piperidine rings is 1. The molecule has 5 rings (SSSR count). The van der Waals surface area contributed by atoms with Crippen molar-refractivity contribution in [3.63, 3.8) is 0 Å². The molecule has 3 aliphatic heterocycles. The van der Waals surface area contributed by atoms with E-state index in [9.17, 15) is 14.4 Å². The van der Waals surface area contributed by atoms with Gasteiger partial charge in [-0.05, 0) is 49.4 Å². The molecule has 32 heavy (non-hydrogen) atoms. The van der Waals surface area contributed by atoms with Crippen LogP contribution in [0.15, 0.2) is 48.7 Å². The Morgan fingerprint density at radius 3 is 2.50 bits per heavy atom. The highest BCUT2D eigenvalue weighted by Crippen LogP contribution is 2.29. The van der Waals surface area contributed by atoms with Gasteiger partial charge in [0.25, 0.3) is 5.91 Å². The van der Waals surface area contributed by atoms with E-state index in [2.05, 4.69) is 4.98 Å². The SMILES string of the molecule is O=C(C1CCCN1C(=O)Cc1ccccn1)N1CCC(N2Cc3ccccc3C2=O)CC1. The number of hydrogen-bond acceptors (Lipinski definition) is 4. The van der Waals surface area contributed by atoms with E-state index in [0.29, 0.717) is 32.6 Å². The molecule has 0 saturated carbocycles. The average molecular weight is 433 g/mol. The van der Waals surface area contributed by atoms with Crippen molar-refractivity contribution in [3.05, 3.63) is 65.5 Å². The number of fused-ring (bicyclic) bond motifs is 1. The lowest BCUT2D eigenvalue weighted by Gasteiger charge is -2.38. The van der Waals surface area contributed by atoms with Gasteiger partial charge in [0, 0.05) is 49.7 Å². The number of carbonyl (C=O) groups excluding carboxylic acids is 3. The van der Waals surface area contributed by atoms with Crippen LogP contribution in [0.25, 0.3) is 0 Å². The Hall–Kier alpha value is -3.22. The normalized spacial score (nSPS) is 21.2. The molecule has 0 spiro atoms. The quantitative estimate of drug-likeness (QED) is 0.743. The van der Waals surface area contributed by atoms with Crippen LogP contribution in [0.5, 0.6) is 0 Å². The third-order valence-electron chi connectivity index (χ3n) is 6.98. The molecule has 7 nitrogen and oxygen atoms in total. The van der Waals surface area contributed by atoms with Crippen molar-refractivity contribution < 1.29 is 14.4 Å². The lowest BCUT2D eigenvalue weighted by molar-refractivity contribution is -0.144. The summed E-state index contributed by atoms with van der Waals surface area (Å²) < 4.78 is 0. The van der Waals surface area contributed by atoms with Gasteiger partial charge < -0.3 is 14.7 Å². The van der Waals surface area contributed by atoms with Crippen LogP contribution >= 0.6 is 0 Å². The van der Waals surface area contributed by atoms with Gasteiger partial charge >= 0.3 is 0 Å². The highest BCUT2D eigenvalue weighted by molar-refractivity contribution is 5.98. The summed E-state index contributed by atoms with van der Waals surface area (Å²) in [7, 11) is 0. The van der Waals surface area contributed by atoms with Gasteiger partial charge in [0.15, 0.2) is 0 Å². The fourth-order valence-electron chi connectivity index (χ4n) is 5.26. The number of likely N-dealkylation sites (tertiary alicyclic amines) is 2. The summed E-state index contributed by atoms with van der Waals surface area (Å²) in [6.07, 6.45) is 5.03. The predicted molar refractivity (Wildman–Crippen MR) is 119 cm³/mol. The van der Waals surface area contributed by atoms with Crippen molar-refractivity contribution in [1.29, 1.82) is 0 Å². The van der Waals surface area contributed by atoms with Gasteiger partial charge in [-0.25, -0.2) is 0 Å². The van der Waals surface area contributed by atoms with Crippen LogP contribution < -0.4 is 0 Å². The number of carbonyl (C=O) groups is 3. The zero-order chi connectivity index (χ0) is 22.1. The first-order valence-electron chi connectivity index (χ1n) is 11.5. The summed E-state index contributed by atoms with van der Waals surface area (Å²) in [5.41, 5.74) is 2.62. The third kappa shape index (κ3) is 3.87. The summed E-state index contributed by atoms with van der Waals surface area (Å²) in [6, 6.07) is 13.1. The first kappa shape index (κ1) is 20.7. The number of benzene rings is 1. The second-order valence-corrected chi connectivity index (χ2v) is 8.89. The lowest BCUT2D eigenvalue weighted by atomic mass is 10.0. The van der Waals surface area contributed by atoms with Crippen LogP contribution in [-0.2, 0) is 22.6 Å². The molecule has 1 aromatic heterocycles. The molecule has 0 radical (unpaired) electrons. The molecular weight excluding hydrogens is 404 g/mol. The van der Waals surface area contributed by atoms with E-state index < -0.39 is 0 Å². The van der Waals surface area contributed by atoms with Crippen LogP contribution in [0, 0.1) is 0 Å². The van der Waals surface area contributed by atoms with Crippen molar-refractivity contribution in [2.24, 2.45) is 0 Å². The number of amides is 3. The molecular formula is C25H28N4O3. The Bertz CT molecular complexity index is 1020. The molecule has 4 heterocycles. The molecule has 0 N–H and O–H groups in total. The van der Waals surface area contributed by atoms with Crippen molar-refractivity contribution in [3.8, 4) is 0 Å². The Balaban J connectivity index is 1.18. The van der Waals surface area contributed by atoms with Crippen LogP contribution in [0.1, 0.15) is 47.3 Å². The first-order chi connectivity index (χ1) is 15.6. The second kappa shape index (κ2) is 8.73. The van der Waals surface area contributed by atoms with Crippen LogP contribution in [0.3, 0.4) is 0 Å². The third-order valence-corrected chi connectivity index (χ3v) is 6.98. The maximum Gasteiger partial charge on any atom is 0.254 e. The number of aromatic nitrogens is 1. The molecule has 3 amide bonds. The van der Waals surface area contributed by atoms with E-state index >= 15 is 0 Å². The molecule has 2 saturated heterocycles. The molecule has 0 bridgehead atoms. The Morgan fingerprint density at radius 2 is 1.75 bits per heavy atom. The smallest absolute Gasteiger partial charge is 0.254 e. The Kier molecular flexibility index (Phi) is 5.64. The number of nitrogens with zero attached hydrogens (tertiary/aromatic N) is 4. The van der Waals surface area contributed by atoms with Crippen molar-refractivity contribution in [1.82, 2.24) is 19.7 Å². The standard InChI is InChI=1S/C25H28N4O3/c30-23(16-19-7-3-4-12-26-19)28-13-5-9-22(28)25(32)27-14-10-20(11-15-27)29-17-18-6-1-2-8-21(18)24(29)31/h1-4,6-8,12,20,22H,5,9-11,13-17H2. The van der Waals surface area contributed by atoms with E-state index in [0.717, 1.165) is 36.1 Å². The van der Waals surface area contributed by atoms with Gasteiger partial charge in [-0.2, -0.15) is 0 Å². The molecule has 2 fully saturated rings. The van der Waals surface area contributed by atoms with Gasteiger partial charge in [-0.15, -0.1) is 0 Å². The molecule has 3 aliphatic rings. The minimum atomic E-state index is -0.375. The van der Waals surface area contributed by atoms with Crippen LogP contribution in [-0.4, -0.2) is 69.1 Å². The minimum Gasteiger partial charge on any atom is -0.341 e. The van der Waals surface area contributed by atoms with Gasteiger partial charge in [0.2, 0.25) is 11.8 Å². The summed E-state index contributed by atoms with van der Waals surface area (Å²) in [5, 5.41) is 0. The van der Waals surface area contributed by atoms with E-state index in [1.54, 1.807) is 11.1 Å². The van der Waals surface area contributed by atoms with E-state index in [4.69, 9.17) is 0 Å². The zero-order valence-electron chi connectivity index (χ0n) is 18.2. The molecule has 2 aromatic rings. The largest absolute Gasteiger partial charge is 0.341 e. The van der Waals surface area contributed by atoms with E-state index in [1.807, 2.05) is 52.3 Å². The van der Waals surface area contributed by atoms with Crippen molar-refractivity contribution in [2.45, 2.75) is 50.7 Å². The molecule has 166 valence electrons.